The molecule has 0 aromatic heterocycles. The number of anilines is 3. The molecule has 0 saturated heterocycles. The van der Waals surface area contributed by atoms with Gasteiger partial charge in [0.15, 0.2) is 0 Å². The van der Waals surface area contributed by atoms with Crippen molar-refractivity contribution in [3.05, 3.63) is 125 Å². The maximum Gasteiger partial charge on any atom is 0.0921 e. The Balaban J connectivity index is 1.57. The van der Waals surface area contributed by atoms with E-state index in [1.807, 2.05) is 12.1 Å². The van der Waals surface area contributed by atoms with Gasteiger partial charge in [-0.2, -0.15) is 5.10 Å². The highest BCUT2D eigenvalue weighted by atomic mass is 35.5. The lowest BCUT2D eigenvalue weighted by Gasteiger charge is -2.30. The third kappa shape index (κ3) is 4.41. The highest BCUT2D eigenvalue weighted by Crippen LogP contribution is 2.53. The first-order chi connectivity index (χ1) is 18.1. The van der Waals surface area contributed by atoms with Gasteiger partial charge in [-0.05, 0) is 74.6 Å². The summed E-state index contributed by atoms with van der Waals surface area (Å²) in [6.07, 6.45) is 1.07. The standard InChI is InChI=1S/C32H31ClN4/c1-35(2)21-10-22-36-28-15-8-6-13-26(28)30-31(23-17-19-24(33)20-18-23)34-37(25-11-4-3-5-12-25)32(30)27-14-7-9-16-29(27)36/h3-9,11-20,30,32H,10,21-22H2,1-2H3. The van der Waals surface area contributed by atoms with Crippen molar-refractivity contribution in [2.24, 2.45) is 5.10 Å². The molecule has 0 N–H and O–H groups in total. The fraction of sp³-hybridized carbons (Fsp3) is 0.219. The fourth-order valence-electron chi connectivity index (χ4n) is 5.71. The molecular weight excluding hydrogens is 476 g/mol. The highest BCUT2D eigenvalue weighted by molar-refractivity contribution is 6.30. The van der Waals surface area contributed by atoms with Crippen molar-refractivity contribution in [2.45, 2.75) is 18.4 Å². The average Bonchev–Trinajstić information content (AvgIpc) is 3.27. The Labute approximate surface area is 224 Å². The summed E-state index contributed by atoms with van der Waals surface area (Å²) in [4.78, 5) is 4.78. The lowest BCUT2D eigenvalue weighted by Crippen LogP contribution is -2.25. The quantitative estimate of drug-likeness (QED) is 0.270. The summed E-state index contributed by atoms with van der Waals surface area (Å²) >= 11 is 6.28. The van der Waals surface area contributed by atoms with Crippen molar-refractivity contribution < 1.29 is 0 Å². The van der Waals surface area contributed by atoms with Crippen LogP contribution in [0.15, 0.2) is 108 Å². The van der Waals surface area contributed by atoms with E-state index in [0.717, 1.165) is 41.5 Å². The molecule has 0 amide bonds. The first kappa shape index (κ1) is 23.8. The Bertz CT molecular complexity index is 1410. The minimum atomic E-state index is 0.0317. The van der Waals surface area contributed by atoms with Crippen molar-refractivity contribution >= 4 is 34.4 Å². The number of fused-ring (bicyclic) bond motifs is 5. The number of nitrogens with zero attached hydrogens (tertiary/aromatic N) is 4. The van der Waals surface area contributed by atoms with Gasteiger partial charge >= 0.3 is 0 Å². The molecule has 2 aliphatic rings. The van der Waals surface area contributed by atoms with Crippen LogP contribution in [0.3, 0.4) is 0 Å². The predicted octanol–water partition coefficient (Wildman–Crippen LogP) is 7.49. The van der Waals surface area contributed by atoms with Crippen LogP contribution in [0.5, 0.6) is 0 Å². The summed E-state index contributed by atoms with van der Waals surface area (Å²) in [5.74, 6) is 0.0672. The van der Waals surface area contributed by atoms with Crippen LogP contribution in [0.4, 0.5) is 17.1 Å². The summed E-state index contributed by atoms with van der Waals surface area (Å²) in [6.45, 7) is 1.99. The molecule has 0 bridgehead atoms. The van der Waals surface area contributed by atoms with Gasteiger partial charge in [0.2, 0.25) is 0 Å². The van der Waals surface area contributed by atoms with Crippen molar-refractivity contribution in [1.82, 2.24) is 4.90 Å². The molecule has 5 heteroatoms. The number of hydrazone groups is 1. The molecule has 2 aliphatic heterocycles. The smallest absolute Gasteiger partial charge is 0.0921 e. The molecule has 4 nitrogen and oxygen atoms in total. The van der Waals surface area contributed by atoms with Crippen LogP contribution < -0.4 is 9.91 Å². The Hall–Kier alpha value is -3.60. The molecule has 4 aromatic rings. The normalized spacial score (nSPS) is 18.2. The maximum atomic E-state index is 6.28. The van der Waals surface area contributed by atoms with Crippen molar-refractivity contribution in [3.8, 4) is 0 Å². The molecular formula is C32H31ClN4. The van der Waals surface area contributed by atoms with Gasteiger partial charge in [-0.3, -0.25) is 5.01 Å². The zero-order valence-electron chi connectivity index (χ0n) is 21.3. The maximum absolute atomic E-state index is 6.28. The predicted molar refractivity (Wildman–Crippen MR) is 155 cm³/mol. The molecule has 2 heterocycles. The Morgan fingerprint density at radius 2 is 1.38 bits per heavy atom. The minimum absolute atomic E-state index is 0.0317. The van der Waals surface area contributed by atoms with E-state index in [1.165, 1.54) is 22.5 Å². The summed E-state index contributed by atoms with van der Waals surface area (Å²) < 4.78 is 0. The molecule has 0 saturated carbocycles. The fourth-order valence-corrected chi connectivity index (χ4v) is 5.84. The lowest BCUT2D eigenvalue weighted by molar-refractivity contribution is 0.402. The van der Waals surface area contributed by atoms with E-state index in [9.17, 15) is 0 Å². The first-order valence-corrected chi connectivity index (χ1v) is 13.3. The monoisotopic (exact) mass is 506 g/mol. The Kier molecular flexibility index (Phi) is 6.45. The van der Waals surface area contributed by atoms with Gasteiger partial charge < -0.3 is 9.80 Å². The van der Waals surface area contributed by atoms with Gasteiger partial charge in [-0.25, -0.2) is 0 Å². The number of rotatable bonds is 6. The number of para-hydroxylation sites is 3. The van der Waals surface area contributed by atoms with E-state index in [1.54, 1.807) is 0 Å². The summed E-state index contributed by atoms with van der Waals surface area (Å²) in [5.41, 5.74) is 8.39. The van der Waals surface area contributed by atoms with Crippen molar-refractivity contribution in [3.63, 3.8) is 0 Å². The van der Waals surface area contributed by atoms with Gasteiger partial charge in [0.1, 0.15) is 0 Å². The highest BCUT2D eigenvalue weighted by Gasteiger charge is 2.45. The third-order valence-electron chi connectivity index (χ3n) is 7.35. The van der Waals surface area contributed by atoms with Gasteiger partial charge in [0.25, 0.3) is 0 Å². The molecule has 37 heavy (non-hydrogen) atoms. The second-order valence-electron chi connectivity index (χ2n) is 10.0. The Morgan fingerprint density at radius 3 is 2.08 bits per heavy atom. The second-order valence-corrected chi connectivity index (χ2v) is 10.5. The molecule has 0 fully saturated rings. The zero-order valence-corrected chi connectivity index (χ0v) is 22.0. The van der Waals surface area contributed by atoms with Crippen LogP contribution in [0.1, 0.15) is 35.1 Å². The van der Waals surface area contributed by atoms with Crippen LogP contribution in [-0.4, -0.2) is 37.8 Å². The SMILES string of the molecule is CN(C)CCCN1c2ccccc2C2C(c3ccc(Cl)cc3)=NN(c3ccccc3)C2c2ccccc21. The van der Waals surface area contributed by atoms with Crippen molar-refractivity contribution in [1.29, 1.82) is 0 Å². The Morgan fingerprint density at radius 1 is 0.757 bits per heavy atom. The molecule has 186 valence electrons. The number of hydrogen-bond donors (Lipinski definition) is 0. The summed E-state index contributed by atoms with van der Waals surface area (Å²) in [7, 11) is 4.28. The first-order valence-electron chi connectivity index (χ1n) is 12.9. The number of halogens is 1. The molecule has 4 aromatic carbocycles. The third-order valence-corrected chi connectivity index (χ3v) is 7.60. The molecule has 0 aliphatic carbocycles. The molecule has 2 unspecified atom stereocenters. The van der Waals surface area contributed by atoms with Crippen LogP contribution in [0, 0.1) is 0 Å². The van der Waals surface area contributed by atoms with Crippen LogP contribution >= 0.6 is 11.6 Å². The van der Waals surface area contributed by atoms with E-state index < -0.39 is 0 Å². The largest absolute Gasteiger partial charge is 0.341 e. The van der Waals surface area contributed by atoms with E-state index in [4.69, 9.17) is 16.7 Å². The zero-order chi connectivity index (χ0) is 25.4. The molecule has 0 spiro atoms. The molecule has 6 rings (SSSR count). The van der Waals surface area contributed by atoms with E-state index in [2.05, 4.69) is 120 Å². The van der Waals surface area contributed by atoms with E-state index in [0.29, 0.717) is 0 Å². The average molecular weight is 507 g/mol. The van der Waals surface area contributed by atoms with Crippen LogP contribution in [0.25, 0.3) is 0 Å². The van der Waals surface area contributed by atoms with Crippen LogP contribution in [-0.2, 0) is 0 Å². The lowest BCUT2D eigenvalue weighted by atomic mass is 9.82. The molecule has 0 radical (unpaired) electrons. The summed E-state index contributed by atoms with van der Waals surface area (Å²) in [6, 6.07) is 36.4. The van der Waals surface area contributed by atoms with E-state index >= 15 is 0 Å². The summed E-state index contributed by atoms with van der Waals surface area (Å²) in [5, 5.41) is 8.30. The molecule has 2 atom stereocenters. The van der Waals surface area contributed by atoms with Crippen molar-refractivity contribution in [2.75, 3.05) is 37.1 Å². The van der Waals surface area contributed by atoms with Gasteiger partial charge in [-0.1, -0.05) is 78.3 Å². The second kappa shape index (κ2) is 10.0. The number of benzene rings is 4. The van der Waals surface area contributed by atoms with Gasteiger partial charge in [0, 0.05) is 28.5 Å². The van der Waals surface area contributed by atoms with Gasteiger partial charge in [-0.15, -0.1) is 0 Å². The van der Waals surface area contributed by atoms with Crippen LogP contribution in [0.2, 0.25) is 5.02 Å². The number of hydrogen-bond acceptors (Lipinski definition) is 4. The van der Waals surface area contributed by atoms with Gasteiger partial charge in [0.05, 0.1) is 23.4 Å². The van der Waals surface area contributed by atoms with E-state index in [-0.39, 0.29) is 12.0 Å². The minimum Gasteiger partial charge on any atom is -0.341 e. The topological polar surface area (TPSA) is 22.1 Å².